The van der Waals surface area contributed by atoms with Crippen LogP contribution in [0.5, 0.6) is 0 Å². The third-order valence-corrected chi connectivity index (χ3v) is 7.54. The Balaban J connectivity index is 1.48. The molecular formula is C17H18ClN5O3S2. The van der Waals surface area contributed by atoms with Gasteiger partial charge in [-0.2, -0.15) is 4.31 Å². The molecule has 0 saturated carbocycles. The maximum absolute atomic E-state index is 12.8. The highest BCUT2D eigenvalue weighted by molar-refractivity contribution is 7.89. The number of rotatable bonds is 4. The zero-order valence-electron chi connectivity index (χ0n) is 15.0. The van der Waals surface area contributed by atoms with Crippen molar-refractivity contribution in [3.05, 3.63) is 35.7 Å². The predicted molar refractivity (Wildman–Crippen MR) is 108 cm³/mol. The molecule has 0 radical (unpaired) electrons. The third-order valence-electron chi connectivity index (χ3n) is 4.62. The van der Waals surface area contributed by atoms with Gasteiger partial charge in [0.25, 0.3) is 10.0 Å². The molecule has 0 unspecified atom stereocenters. The average molecular weight is 440 g/mol. The number of fused-ring (bicyclic) bond motifs is 1. The number of hydrogen-bond donors (Lipinski definition) is 1. The molecule has 1 amide bonds. The Labute approximate surface area is 171 Å². The summed E-state index contributed by atoms with van der Waals surface area (Å²) in [5.74, 6) is -0.672. The molecule has 11 heteroatoms. The van der Waals surface area contributed by atoms with Gasteiger partial charge in [0.1, 0.15) is 0 Å². The van der Waals surface area contributed by atoms with Gasteiger partial charge in [-0.05, 0) is 31.0 Å². The lowest BCUT2D eigenvalue weighted by atomic mass is 9.99. The number of aryl methyl sites for hydroxylation is 1. The van der Waals surface area contributed by atoms with Gasteiger partial charge in [0.2, 0.25) is 5.91 Å². The quantitative estimate of drug-likeness (QED) is 0.674. The summed E-state index contributed by atoms with van der Waals surface area (Å²) in [5.41, 5.74) is 0.757. The zero-order chi connectivity index (χ0) is 19.9. The molecule has 1 aliphatic heterocycles. The molecule has 3 heterocycles. The molecule has 1 saturated heterocycles. The topological polar surface area (TPSA) is 97.2 Å². The molecule has 0 spiro atoms. The van der Waals surface area contributed by atoms with Crippen LogP contribution < -0.4 is 5.32 Å². The molecule has 1 N–H and O–H groups in total. The number of amides is 1. The van der Waals surface area contributed by atoms with Crippen molar-refractivity contribution in [2.24, 2.45) is 13.0 Å². The SMILES string of the molecule is Cn1cnc(S(=O)(=O)N2CCC[C@H](C(=O)Nc3nc4ccc(Cl)cc4s3)C2)c1. The van der Waals surface area contributed by atoms with E-state index in [4.69, 9.17) is 11.6 Å². The van der Waals surface area contributed by atoms with Crippen molar-refractivity contribution in [3.8, 4) is 0 Å². The van der Waals surface area contributed by atoms with Crippen molar-refractivity contribution in [2.75, 3.05) is 18.4 Å². The maximum Gasteiger partial charge on any atom is 0.262 e. The Kier molecular flexibility index (Phi) is 5.13. The minimum Gasteiger partial charge on any atom is -0.339 e. The number of carbonyl (C=O) groups excluding carboxylic acids is 1. The van der Waals surface area contributed by atoms with Crippen molar-refractivity contribution >= 4 is 54.2 Å². The van der Waals surface area contributed by atoms with Crippen LogP contribution in [0, 0.1) is 5.92 Å². The Morgan fingerprint density at radius 1 is 1.39 bits per heavy atom. The first-order valence-corrected chi connectivity index (χ1v) is 11.3. The van der Waals surface area contributed by atoms with E-state index in [-0.39, 0.29) is 17.5 Å². The monoisotopic (exact) mass is 439 g/mol. The number of nitrogens with zero attached hydrogens (tertiary/aromatic N) is 4. The van der Waals surface area contributed by atoms with E-state index in [1.165, 1.54) is 28.2 Å². The molecule has 1 fully saturated rings. The molecule has 28 heavy (non-hydrogen) atoms. The number of sulfonamides is 1. The Bertz CT molecular complexity index is 1140. The van der Waals surface area contributed by atoms with E-state index in [0.717, 1.165) is 10.2 Å². The Morgan fingerprint density at radius 3 is 2.96 bits per heavy atom. The second kappa shape index (κ2) is 7.43. The Morgan fingerprint density at radius 2 is 2.21 bits per heavy atom. The van der Waals surface area contributed by atoms with E-state index >= 15 is 0 Å². The normalized spacial score (nSPS) is 18.4. The van der Waals surface area contributed by atoms with Crippen molar-refractivity contribution < 1.29 is 13.2 Å². The van der Waals surface area contributed by atoms with Crippen LogP contribution in [-0.2, 0) is 21.9 Å². The summed E-state index contributed by atoms with van der Waals surface area (Å²) < 4.78 is 29.3. The predicted octanol–water partition coefficient (Wildman–Crippen LogP) is 2.72. The highest BCUT2D eigenvalue weighted by atomic mass is 35.5. The molecule has 0 bridgehead atoms. The number of nitrogens with one attached hydrogen (secondary N) is 1. The molecule has 1 aliphatic rings. The number of aromatic nitrogens is 3. The van der Waals surface area contributed by atoms with Gasteiger partial charge in [0.15, 0.2) is 10.2 Å². The van der Waals surface area contributed by atoms with E-state index in [9.17, 15) is 13.2 Å². The van der Waals surface area contributed by atoms with Crippen molar-refractivity contribution in [2.45, 2.75) is 17.9 Å². The number of imidazole rings is 1. The number of piperidine rings is 1. The van der Waals surface area contributed by atoms with Crippen LogP contribution >= 0.6 is 22.9 Å². The Hall–Kier alpha value is -2.01. The molecule has 4 rings (SSSR count). The number of halogens is 1. The van der Waals surface area contributed by atoms with Gasteiger partial charge in [-0.25, -0.2) is 18.4 Å². The van der Waals surface area contributed by atoms with Crippen molar-refractivity contribution in [1.82, 2.24) is 18.8 Å². The smallest absolute Gasteiger partial charge is 0.262 e. The second-order valence-corrected chi connectivity index (χ2v) is 10.1. The molecule has 3 aromatic rings. The second-order valence-electron chi connectivity index (χ2n) is 6.70. The molecule has 1 aromatic carbocycles. The fourth-order valence-electron chi connectivity index (χ4n) is 3.19. The van der Waals surface area contributed by atoms with Crippen LogP contribution in [0.25, 0.3) is 10.2 Å². The first-order chi connectivity index (χ1) is 13.3. The van der Waals surface area contributed by atoms with Crippen LogP contribution in [0.4, 0.5) is 5.13 Å². The summed E-state index contributed by atoms with van der Waals surface area (Å²) >= 11 is 7.33. The van der Waals surface area contributed by atoms with E-state index in [0.29, 0.717) is 29.5 Å². The fourth-order valence-corrected chi connectivity index (χ4v) is 5.82. The summed E-state index contributed by atoms with van der Waals surface area (Å²) in [6, 6.07) is 5.34. The summed E-state index contributed by atoms with van der Waals surface area (Å²) in [6.07, 6.45) is 4.14. The average Bonchev–Trinajstić information content (AvgIpc) is 3.27. The molecule has 0 aliphatic carbocycles. The van der Waals surface area contributed by atoms with Crippen LogP contribution in [0.2, 0.25) is 5.02 Å². The van der Waals surface area contributed by atoms with E-state index < -0.39 is 15.9 Å². The van der Waals surface area contributed by atoms with Crippen molar-refractivity contribution in [1.29, 1.82) is 0 Å². The molecule has 8 nitrogen and oxygen atoms in total. The number of anilines is 1. The lowest BCUT2D eigenvalue weighted by Gasteiger charge is -2.30. The minimum atomic E-state index is -3.71. The van der Waals surface area contributed by atoms with Gasteiger partial charge in [0.05, 0.1) is 22.5 Å². The van der Waals surface area contributed by atoms with E-state index in [1.54, 1.807) is 29.8 Å². The van der Waals surface area contributed by atoms with Crippen molar-refractivity contribution in [3.63, 3.8) is 0 Å². The highest BCUT2D eigenvalue weighted by Crippen LogP contribution is 2.29. The van der Waals surface area contributed by atoms with Gasteiger partial charge < -0.3 is 9.88 Å². The summed E-state index contributed by atoms with van der Waals surface area (Å²) in [4.78, 5) is 21.0. The molecule has 148 valence electrons. The van der Waals surface area contributed by atoms with Crippen LogP contribution in [0.1, 0.15) is 12.8 Å². The number of benzene rings is 1. The lowest BCUT2D eigenvalue weighted by molar-refractivity contribution is -0.120. The number of thiazole rings is 1. The standard InChI is InChI=1S/C17H18ClN5O3S2/c1-22-9-15(19-10-22)28(25,26)23-6-2-3-11(8-23)16(24)21-17-20-13-5-4-12(18)7-14(13)27-17/h4-5,7,9-11H,2-3,6,8H2,1H3,(H,20,21,24)/t11-/m0/s1. The van der Waals surface area contributed by atoms with Gasteiger partial charge in [-0.15, -0.1) is 0 Å². The van der Waals surface area contributed by atoms with Crippen LogP contribution in [-0.4, -0.2) is 46.3 Å². The van der Waals surface area contributed by atoms with E-state index in [2.05, 4.69) is 15.3 Å². The molecular weight excluding hydrogens is 422 g/mol. The number of carbonyl (C=O) groups is 1. The van der Waals surface area contributed by atoms with Crippen LogP contribution in [0.3, 0.4) is 0 Å². The first kappa shape index (κ1) is 19.3. The van der Waals surface area contributed by atoms with Gasteiger partial charge in [-0.1, -0.05) is 22.9 Å². The van der Waals surface area contributed by atoms with Gasteiger partial charge in [-0.3, -0.25) is 4.79 Å². The highest BCUT2D eigenvalue weighted by Gasteiger charge is 2.34. The largest absolute Gasteiger partial charge is 0.339 e. The summed E-state index contributed by atoms with van der Waals surface area (Å²) in [5, 5.41) is 3.91. The third kappa shape index (κ3) is 3.77. The summed E-state index contributed by atoms with van der Waals surface area (Å²) in [6.45, 7) is 0.504. The lowest BCUT2D eigenvalue weighted by Crippen LogP contribution is -2.43. The minimum absolute atomic E-state index is 0.000824. The fraction of sp³-hybridized carbons (Fsp3) is 0.353. The summed E-state index contributed by atoms with van der Waals surface area (Å²) in [7, 11) is -2.00. The zero-order valence-corrected chi connectivity index (χ0v) is 17.4. The number of hydrogen-bond acceptors (Lipinski definition) is 6. The van der Waals surface area contributed by atoms with Gasteiger partial charge in [0, 0.05) is 31.4 Å². The maximum atomic E-state index is 12.8. The molecule has 1 atom stereocenters. The first-order valence-electron chi connectivity index (χ1n) is 8.68. The van der Waals surface area contributed by atoms with Crippen LogP contribution in [0.15, 0.2) is 35.7 Å². The van der Waals surface area contributed by atoms with E-state index in [1.807, 2.05) is 0 Å². The molecule has 2 aromatic heterocycles. The van der Waals surface area contributed by atoms with Gasteiger partial charge >= 0.3 is 0 Å².